The Bertz CT molecular complexity index is 1230. The molecule has 1 unspecified atom stereocenters. The van der Waals surface area contributed by atoms with Gasteiger partial charge in [0.1, 0.15) is 29.1 Å². The number of carbonyl (C=O) groups is 2. The van der Waals surface area contributed by atoms with Gasteiger partial charge >= 0.3 is 0 Å². The second kappa shape index (κ2) is 9.55. The van der Waals surface area contributed by atoms with Gasteiger partial charge in [-0.3, -0.25) is 9.59 Å². The molecule has 176 valence electrons. The van der Waals surface area contributed by atoms with Crippen molar-refractivity contribution in [2.24, 2.45) is 0 Å². The van der Waals surface area contributed by atoms with Crippen LogP contribution in [0.1, 0.15) is 55.2 Å². The van der Waals surface area contributed by atoms with Crippen molar-refractivity contribution in [2.75, 3.05) is 6.61 Å². The van der Waals surface area contributed by atoms with Gasteiger partial charge < -0.3 is 19.2 Å². The van der Waals surface area contributed by atoms with Crippen LogP contribution in [0.25, 0.3) is 5.76 Å². The van der Waals surface area contributed by atoms with E-state index in [1.165, 1.54) is 23.3 Å². The minimum absolute atomic E-state index is 0.0491. The third-order valence-corrected chi connectivity index (χ3v) is 5.82. The van der Waals surface area contributed by atoms with Gasteiger partial charge in [0.15, 0.2) is 0 Å². The monoisotopic (exact) mass is 463 g/mol. The van der Waals surface area contributed by atoms with Crippen LogP contribution in [0, 0.1) is 5.82 Å². The van der Waals surface area contributed by atoms with Crippen molar-refractivity contribution in [2.45, 2.75) is 39.3 Å². The average molecular weight is 464 g/mol. The summed E-state index contributed by atoms with van der Waals surface area (Å²) in [5.74, 6) is -1.10. The molecule has 2 heterocycles. The van der Waals surface area contributed by atoms with Gasteiger partial charge in [-0.1, -0.05) is 26.0 Å². The minimum atomic E-state index is -0.922. The quantitative estimate of drug-likeness (QED) is 0.282. The summed E-state index contributed by atoms with van der Waals surface area (Å²) >= 11 is 0. The molecule has 1 saturated heterocycles. The summed E-state index contributed by atoms with van der Waals surface area (Å²) < 4.78 is 24.6. The Balaban J connectivity index is 1.82. The van der Waals surface area contributed by atoms with Crippen molar-refractivity contribution in [1.82, 2.24) is 4.90 Å². The number of likely N-dealkylation sites (tertiary alicyclic amines) is 1. The van der Waals surface area contributed by atoms with Crippen LogP contribution in [0.4, 0.5) is 4.39 Å². The van der Waals surface area contributed by atoms with Crippen molar-refractivity contribution >= 4 is 17.4 Å². The lowest BCUT2D eigenvalue weighted by Gasteiger charge is -2.23. The number of rotatable bonds is 7. The smallest absolute Gasteiger partial charge is 0.296 e. The van der Waals surface area contributed by atoms with Crippen LogP contribution < -0.4 is 4.74 Å². The lowest BCUT2D eigenvalue weighted by atomic mass is 9.95. The summed E-state index contributed by atoms with van der Waals surface area (Å²) in [5, 5.41) is 11.3. The molecule has 1 aromatic heterocycles. The Morgan fingerprint density at radius 2 is 1.88 bits per heavy atom. The molecule has 7 heteroatoms. The second-order valence-electron chi connectivity index (χ2n) is 8.41. The number of carbonyl (C=O) groups excluding carboxylic acids is 2. The first-order valence-corrected chi connectivity index (χ1v) is 11.1. The number of benzene rings is 2. The molecule has 6 nitrogen and oxygen atoms in total. The van der Waals surface area contributed by atoms with Crippen LogP contribution in [0.15, 0.2) is 70.9 Å². The Kier molecular flexibility index (Phi) is 6.54. The van der Waals surface area contributed by atoms with Gasteiger partial charge in [0.05, 0.1) is 18.4 Å². The van der Waals surface area contributed by atoms with Gasteiger partial charge in [0.25, 0.3) is 11.7 Å². The highest BCUT2D eigenvalue weighted by Crippen LogP contribution is 2.41. The molecule has 1 aliphatic rings. The molecule has 1 aliphatic heterocycles. The normalized spacial score (nSPS) is 17.6. The van der Waals surface area contributed by atoms with E-state index >= 15 is 0 Å². The summed E-state index contributed by atoms with van der Waals surface area (Å²) in [6.45, 7) is 6.45. The van der Waals surface area contributed by atoms with E-state index in [1.54, 1.807) is 42.5 Å². The zero-order valence-corrected chi connectivity index (χ0v) is 19.2. The lowest BCUT2D eigenvalue weighted by molar-refractivity contribution is -0.140. The average Bonchev–Trinajstić information content (AvgIpc) is 3.43. The number of nitrogens with zero attached hydrogens (tertiary/aromatic N) is 1. The van der Waals surface area contributed by atoms with Gasteiger partial charge in [-0.15, -0.1) is 0 Å². The van der Waals surface area contributed by atoms with Crippen LogP contribution in [-0.4, -0.2) is 28.3 Å². The van der Waals surface area contributed by atoms with Crippen molar-refractivity contribution in [3.63, 3.8) is 0 Å². The molecule has 0 aliphatic carbocycles. The largest absolute Gasteiger partial charge is 0.507 e. The fraction of sp³-hybridized carbons (Fsp3) is 0.259. The van der Waals surface area contributed by atoms with Crippen molar-refractivity contribution in [1.29, 1.82) is 0 Å². The summed E-state index contributed by atoms with van der Waals surface area (Å²) in [5.41, 5.74) is 1.87. The molecule has 3 aromatic rings. The number of ketones is 1. The molecule has 0 bridgehead atoms. The van der Waals surface area contributed by atoms with Gasteiger partial charge in [-0.2, -0.15) is 0 Å². The van der Waals surface area contributed by atoms with Crippen LogP contribution in [0.2, 0.25) is 0 Å². The molecule has 4 rings (SSSR count). The maximum Gasteiger partial charge on any atom is 0.296 e. The molecular formula is C27H26FNO5. The van der Waals surface area contributed by atoms with E-state index in [0.717, 1.165) is 5.56 Å². The summed E-state index contributed by atoms with van der Waals surface area (Å²) in [6.07, 6.45) is 1.45. The zero-order chi connectivity index (χ0) is 24.4. The molecule has 0 saturated carbocycles. The molecule has 1 atom stereocenters. The van der Waals surface area contributed by atoms with Crippen LogP contribution >= 0.6 is 0 Å². The van der Waals surface area contributed by atoms with E-state index in [2.05, 4.69) is 0 Å². The van der Waals surface area contributed by atoms with Gasteiger partial charge in [-0.05, 0) is 66.4 Å². The fourth-order valence-corrected chi connectivity index (χ4v) is 4.16. The first-order chi connectivity index (χ1) is 16.3. The highest BCUT2D eigenvalue weighted by molar-refractivity contribution is 6.46. The third-order valence-electron chi connectivity index (χ3n) is 5.82. The van der Waals surface area contributed by atoms with E-state index in [-0.39, 0.29) is 23.8 Å². The summed E-state index contributed by atoms with van der Waals surface area (Å²) in [7, 11) is 0. The molecule has 0 radical (unpaired) electrons. The zero-order valence-electron chi connectivity index (χ0n) is 19.2. The fourth-order valence-electron chi connectivity index (χ4n) is 4.16. The molecular weight excluding hydrogens is 437 g/mol. The van der Waals surface area contributed by atoms with E-state index < -0.39 is 23.5 Å². The minimum Gasteiger partial charge on any atom is -0.507 e. The first-order valence-electron chi connectivity index (χ1n) is 11.1. The number of hydrogen-bond acceptors (Lipinski definition) is 5. The lowest BCUT2D eigenvalue weighted by Crippen LogP contribution is -2.29. The van der Waals surface area contributed by atoms with Gasteiger partial charge in [0, 0.05) is 12.1 Å². The molecule has 0 spiro atoms. The first kappa shape index (κ1) is 23.3. The maximum atomic E-state index is 13.4. The number of ether oxygens (including phenoxy) is 1. The van der Waals surface area contributed by atoms with Crippen LogP contribution in [-0.2, 0) is 16.1 Å². The summed E-state index contributed by atoms with van der Waals surface area (Å²) in [6, 6.07) is 13.3. The van der Waals surface area contributed by atoms with E-state index in [9.17, 15) is 19.1 Å². The second-order valence-corrected chi connectivity index (χ2v) is 8.41. The van der Waals surface area contributed by atoms with E-state index in [0.29, 0.717) is 29.2 Å². The predicted molar refractivity (Wildman–Crippen MR) is 125 cm³/mol. The number of Topliss-reactive ketones (excluding diaryl/α,β-unsaturated/α-hetero) is 1. The number of furan rings is 1. The Hall–Kier alpha value is -3.87. The van der Waals surface area contributed by atoms with Gasteiger partial charge in [0.2, 0.25) is 0 Å². The predicted octanol–water partition coefficient (Wildman–Crippen LogP) is 5.56. The molecule has 1 N–H and O–H groups in total. The third kappa shape index (κ3) is 4.33. The Morgan fingerprint density at radius 1 is 1.15 bits per heavy atom. The standard InChI is InChI=1S/C27H26FNO5/c1-4-33-21-12-9-18(14-20(21)16(2)3)25(30)23-24(22-6-5-13-34-22)29(27(32)26(23)31)15-17-7-10-19(28)11-8-17/h5-14,16,24,30H,4,15H2,1-3H3/b25-23-. The molecule has 1 fully saturated rings. The highest BCUT2D eigenvalue weighted by Gasteiger charge is 2.47. The van der Waals surface area contributed by atoms with E-state index in [4.69, 9.17) is 9.15 Å². The van der Waals surface area contributed by atoms with E-state index in [1.807, 2.05) is 20.8 Å². The SMILES string of the molecule is CCOc1ccc(/C(O)=C2/C(=O)C(=O)N(Cc3ccc(F)cc3)C2c2ccco2)cc1C(C)C. The summed E-state index contributed by atoms with van der Waals surface area (Å²) in [4.78, 5) is 27.5. The maximum absolute atomic E-state index is 13.4. The van der Waals surface area contributed by atoms with Crippen LogP contribution in [0.5, 0.6) is 5.75 Å². The molecule has 2 aromatic carbocycles. The highest BCUT2D eigenvalue weighted by atomic mass is 19.1. The van der Waals surface area contributed by atoms with Crippen LogP contribution in [0.3, 0.4) is 0 Å². The Morgan fingerprint density at radius 3 is 2.50 bits per heavy atom. The molecule has 1 amide bonds. The topological polar surface area (TPSA) is 80.0 Å². The van der Waals surface area contributed by atoms with Gasteiger partial charge in [-0.25, -0.2) is 4.39 Å². The molecule has 34 heavy (non-hydrogen) atoms. The number of aliphatic hydroxyl groups excluding tert-OH is 1. The number of aliphatic hydroxyl groups is 1. The van der Waals surface area contributed by atoms with Crippen molar-refractivity contribution < 1.29 is 28.2 Å². The number of hydrogen-bond donors (Lipinski definition) is 1. The Labute approximate surface area is 197 Å². The number of halogens is 1. The van der Waals surface area contributed by atoms with Crippen molar-refractivity contribution in [3.05, 3.63) is 94.7 Å². The number of amides is 1. The van der Waals surface area contributed by atoms with Crippen molar-refractivity contribution in [3.8, 4) is 5.75 Å².